The summed E-state index contributed by atoms with van der Waals surface area (Å²) in [7, 11) is -3.84. The molecular weight excluding hydrogens is 402 g/mol. The second-order valence-corrected chi connectivity index (χ2v) is 7.71. The molecule has 0 aliphatic heterocycles. The highest BCUT2D eigenvalue weighted by atomic mass is 32.2. The van der Waals surface area contributed by atoms with E-state index in [1.165, 1.54) is 24.3 Å². The Morgan fingerprint density at radius 2 is 1.86 bits per heavy atom. The van der Waals surface area contributed by atoms with Crippen LogP contribution in [-0.2, 0) is 16.6 Å². The van der Waals surface area contributed by atoms with E-state index in [4.69, 9.17) is 4.42 Å². The van der Waals surface area contributed by atoms with Gasteiger partial charge >= 0.3 is 6.43 Å². The molecule has 28 heavy (non-hydrogen) atoms. The zero-order valence-electron chi connectivity index (χ0n) is 14.3. The maximum absolute atomic E-state index is 14.5. The van der Waals surface area contributed by atoms with Crippen LogP contribution >= 0.6 is 0 Å². The Balaban J connectivity index is 1.92. The number of halogens is 4. The molecule has 0 unspecified atom stereocenters. The van der Waals surface area contributed by atoms with Gasteiger partial charge in [-0.15, -0.1) is 10.2 Å². The van der Waals surface area contributed by atoms with Crippen molar-refractivity contribution in [2.45, 2.75) is 13.0 Å². The van der Waals surface area contributed by atoms with Crippen LogP contribution in [0.2, 0.25) is 0 Å². The molecule has 2 aromatic carbocycles. The standard InChI is InChI=1S/C17H13F4N3O3S/c1-28(25,26)24(13-4-2-3-12(18)8-13)9-11-6-5-10(7-14(11)19)16-22-23-17(27-16)15(20)21/h2-8,15H,9H2,1H3. The van der Waals surface area contributed by atoms with Crippen molar-refractivity contribution in [1.82, 2.24) is 10.2 Å². The van der Waals surface area contributed by atoms with E-state index in [-0.39, 0.29) is 22.7 Å². The Hall–Kier alpha value is -2.95. The lowest BCUT2D eigenvalue weighted by Gasteiger charge is -2.23. The van der Waals surface area contributed by atoms with Crippen molar-refractivity contribution in [3.05, 3.63) is 65.6 Å². The van der Waals surface area contributed by atoms with E-state index in [0.29, 0.717) is 0 Å². The first-order valence-electron chi connectivity index (χ1n) is 7.79. The summed E-state index contributed by atoms with van der Waals surface area (Å²) in [5.41, 5.74) is 0.0637. The molecule has 0 fully saturated rings. The minimum absolute atomic E-state index is 0.0213. The van der Waals surface area contributed by atoms with Gasteiger partial charge in [0.2, 0.25) is 15.9 Å². The molecule has 6 nitrogen and oxygen atoms in total. The number of hydrogen-bond acceptors (Lipinski definition) is 5. The van der Waals surface area contributed by atoms with Crippen LogP contribution < -0.4 is 4.31 Å². The van der Waals surface area contributed by atoms with Crippen LogP contribution in [0, 0.1) is 11.6 Å². The highest BCUT2D eigenvalue weighted by molar-refractivity contribution is 7.92. The number of nitrogens with zero attached hydrogens (tertiary/aromatic N) is 3. The van der Waals surface area contributed by atoms with Crippen molar-refractivity contribution in [3.8, 4) is 11.5 Å². The maximum atomic E-state index is 14.5. The summed E-state index contributed by atoms with van der Waals surface area (Å²) >= 11 is 0. The molecule has 0 bridgehead atoms. The van der Waals surface area contributed by atoms with E-state index in [0.717, 1.165) is 28.8 Å². The van der Waals surface area contributed by atoms with Crippen molar-refractivity contribution in [1.29, 1.82) is 0 Å². The summed E-state index contributed by atoms with van der Waals surface area (Å²) in [4.78, 5) is 0. The van der Waals surface area contributed by atoms with Crippen molar-refractivity contribution in [2.24, 2.45) is 0 Å². The molecule has 0 saturated heterocycles. The Bertz CT molecular complexity index is 1100. The lowest BCUT2D eigenvalue weighted by Crippen LogP contribution is -2.29. The number of benzene rings is 2. The smallest absolute Gasteiger partial charge is 0.314 e. The van der Waals surface area contributed by atoms with E-state index in [9.17, 15) is 26.0 Å². The predicted molar refractivity (Wildman–Crippen MR) is 92.1 cm³/mol. The molecule has 0 aliphatic carbocycles. The largest absolute Gasteiger partial charge is 0.415 e. The van der Waals surface area contributed by atoms with Gasteiger partial charge in [0, 0.05) is 11.1 Å². The van der Waals surface area contributed by atoms with Crippen molar-refractivity contribution >= 4 is 15.7 Å². The van der Waals surface area contributed by atoms with E-state index in [1.54, 1.807) is 0 Å². The van der Waals surface area contributed by atoms with Crippen LogP contribution in [0.15, 0.2) is 46.9 Å². The fraction of sp³-hybridized carbons (Fsp3) is 0.176. The number of sulfonamides is 1. The second-order valence-electron chi connectivity index (χ2n) is 5.80. The van der Waals surface area contributed by atoms with Crippen LogP contribution in [0.5, 0.6) is 0 Å². The van der Waals surface area contributed by atoms with Gasteiger partial charge < -0.3 is 4.42 Å². The first kappa shape index (κ1) is 19.8. The molecule has 0 radical (unpaired) electrons. The van der Waals surface area contributed by atoms with E-state index in [1.807, 2.05) is 0 Å². The van der Waals surface area contributed by atoms with E-state index < -0.39 is 40.5 Å². The fourth-order valence-corrected chi connectivity index (χ4v) is 3.30. The summed E-state index contributed by atoms with van der Waals surface area (Å²) in [5.74, 6) is -2.66. The van der Waals surface area contributed by atoms with E-state index >= 15 is 0 Å². The van der Waals surface area contributed by atoms with Crippen molar-refractivity contribution in [3.63, 3.8) is 0 Å². The first-order valence-corrected chi connectivity index (χ1v) is 9.63. The lowest BCUT2D eigenvalue weighted by molar-refractivity contribution is 0.116. The summed E-state index contributed by atoms with van der Waals surface area (Å²) in [5, 5.41) is 6.59. The third-order valence-corrected chi connectivity index (χ3v) is 4.88. The van der Waals surface area contributed by atoms with Crippen molar-refractivity contribution in [2.75, 3.05) is 10.6 Å². The molecule has 0 aliphatic rings. The summed E-state index contributed by atoms with van der Waals surface area (Å²) in [6.07, 6.45) is -2.05. The fourth-order valence-electron chi connectivity index (χ4n) is 2.43. The van der Waals surface area contributed by atoms with Gasteiger partial charge in [-0.05, 0) is 30.3 Å². The van der Waals surface area contributed by atoms with Crippen LogP contribution in [0.1, 0.15) is 17.9 Å². The zero-order chi connectivity index (χ0) is 20.5. The highest BCUT2D eigenvalue weighted by Crippen LogP contribution is 2.27. The third-order valence-electron chi connectivity index (χ3n) is 3.74. The molecule has 11 heteroatoms. The Morgan fingerprint density at radius 3 is 2.43 bits per heavy atom. The summed E-state index contributed by atoms with van der Waals surface area (Å²) < 4.78 is 82.8. The SMILES string of the molecule is CS(=O)(=O)N(Cc1ccc(-c2nnc(C(F)F)o2)cc1F)c1cccc(F)c1. The van der Waals surface area contributed by atoms with Gasteiger partial charge in [0.25, 0.3) is 5.89 Å². The summed E-state index contributed by atoms with van der Waals surface area (Å²) in [6.45, 7) is -0.402. The Kier molecular flexibility index (Phi) is 5.36. The van der Waals surface area contributed by atoms with Gasteiger partial charge in [-0.2, -0.15) is 8.78 Å². The minimum Gasteiger partial charge on any atom is -0.415 e. The number of hydrogen-bond donors (Lipinski definition) is 0. The normalized spacial score (nSPS) is 11.8. The molecule has 1 heterocycles. The molecular formula is C17H13F4N3O3S. The molecule has 3 aromatic rings. The van der Waals surface area contributed by atoms with Gasteiger partial charge in [0.1, 0.15) is 11.6 Å². The van der Waals surface area contributed by atoms with Gasteiger partial charge in [-0.25, -0.2) is 17.2 Å². The third kappa shape index (κ3) is 4.30. The number of alkyl halides is 2. The second kappa shape index (κ2) is 7.58. The zero-order valence-corrected chi connectivity index (χ0v) is 15.1. The number of anilines is 1. The molecule has 0 spiro atoms. The molecule has 0 atom stereocenters. The summed E-state index contributed by atoms with van der Waals surface area (Å²) in [6, 6.07) is 8.42. The van der Waals surface area contributed by atoms with Crippen molar-refractivity contribution < 1.29 is 30.4 Å². The number of rotatable bonds is 6. The lowest BCUT2D eigenvalue weighted by atomic mass is 10.1. The van der Waals surface area contributed by atoms with Crippen LogP contribution in [0.4, 0.5) is 23.2 Å². The average molecular weight is 415 g/mol. The van der Waals surface area contributed by atoms with Crippen LogP contribution in [0.3, 0.4) is 0 Å². The number of aromatic nitrogens is 2. The molecule has 3 rings (SSSR count). The van der Waals surface area contributed by atoms with Crippen LogP contribution in [-0.4, -0.2) is 24.9 Å². The van der Waals surface area contributed by atoms with Crippen LogP contribution in [0.25, 0.3) is 11.5 Å². The topological polar surface area (TPSA) is 76.3 Å². The predicted octanol–water partition coefficient (Wildman–Crippen LogP) is 3.92. The monoisotopic (exact) mass is 415 g/mol. The van der Waals surface area contributed by atoms with Gasteiger partial charge in [0.05, 0.1) is 18.5 Å². The quantitative estimate of drug-likeness (QED) is 0.571. The Labute approximate surface area is 157 Å². The first-order chi connectivity index (χ1) is 13.1. The van der Waals surface area contributed by atoms with Gasteiger partial charge in [0.15, 0.2) is 0 Å². The minimum atomic E-state index is -3.84. The average Bonchev–Trinajstić information content (AvgIpc) is 3.10. The molecule has 148 valence electrons. The molecule has 1 aromatic heterocycles. The van der Waals surface area contributed by atoms with Gasteiger partial charge in [-0.3, -0.25) is 4.31 Å². The van der Waals surface area contributed by atoms with E-state index in [2.05, 4.69) is 10.2 Å². The maximum Gasteiger partial charge on any atom is 0.314 e. The molecule has 0 N–H and O–H groups in total. The molecule has 0 saturated carbocycles. The Morgan fingerprint density at radius 1 is 1.11 bits per heavy atom. The highest BCUT2D eigenvalue weighted by Gasteiger charge is 2.21. The molecule has 0 amide bonds. The van der Waals surface area contributed by atoms with Gasteiger partial charge in [-0.1, -0.05) is 12.1 Å².